The predicted octanol–water partition coefficient (Wildman–Crippen LogP) is 3.22. The van der Waals surface area contributed by atoms with E-state index in [2.05, 4.69) is 38.2 Å². The summed E-state index contributed by atoms with van der Waals surface area (Å²) >= 11 is 1.89. The van der Waals surface area contributed by atoms with Crippen LogP contribution in [0.2, 0.25) is 0 Å². The lowest BCUT2D eigenvalue weighted by atomic mass is 10.1. The van der Waals surface area contributed by atoms with Gasteiger partial charge in [-0.25, -0.2) is 0 Å². The van der Waals surface area contributed by atoms with E-state index >= 15 is 0 Å². The molecule has 3 heteroatoms. The molecule has 0 fully saturated rings. The van der Waals surface area contributed by atoms with Crippen LogP contribution in [0, 0.1) is 0 Å². The fourth-order valence-electron chi connectivity index (χ4n) is 1.64. The summed E-state index contributed by atoms with van der Waals surface area (Å²) in [5, 5.41) is 3.45. The number of hydrogen-bond donors (Lipinski definition) is 1. The highest BCUT2D eigenvalue weighted by atomic mass is 32.1. The van der Waals surface area contributed by atoms with Crippen molar-refractivity contribution >= 4 is 11.3 Å². The van der Waals surface area contributed by atoms with Gasteiger partial charge in [-0.05, 0) is 39.3 Å². The Bertz CT molecular complexity index is 307. The Balaban J connectivity index is 2.29. The lowest BCUT2D eigenvalue weighted by molar-refractivity contribution is -0.00893. The van der Waals surface area contributed by atoms with Crippen LogP contribution >= 0.6 is 11.3 Å². The van der Waals surface area contributed by atoms with E-state index in [4.69, 9.17) is 4.74 Å². The van der Waals surface area contributed by atoms with E-state index in [1.165, 1.54) is 9.75 Å². The maximum Gasteiger partial charge on any atom is 0.0750 e. The van der Waals surface area contributed by atoms with Gasteiger partial charge in [0.15, 0.2) is 0 Å². The highest BCUT2D eigenvalue weighted by Crippen LogP contribution is 2.17. The maximum atomic E-state index is 5.63. The van der Waals surface area contributed by atoms with Crippen molar-refractivity contribution in [2.75, 3.05) is 13.2 Å². The standard InChI is InChI=1S/C13H23NOS/c1-5-11-7-8-12(16-11)9-14-10-13(3,4)15-6-2/h7-8,14H,5-6,9-10H2,1-4H3. The molecule has 0 unspecified atom stereocenters. The van der Waals surface area contributed by atoms with E-state index < -0.39 is 0 Å². The van der Waals surface area contributed by atoms with Gasteiger partial charge in [0.25, 0.3) is 0 Å². The number of rotatable bonds is 7. The quantitative estimate of drug-likeness (QED) is 0.791. The summed E-state index contributed by atoms with van der Waals surface area (Å²) in [7, 11) is 0. The Morgan fingerprint density at radius 2 is 1.94 bits per heavy atom. The molecule has 0 aliphatic rings. The van der Waals surface area contributed by atoms with Gasteiger partial charge in [-0.15, -0.1) is 11.3 Å². The lowest BCUT2D eigenvalue weighted by Crippen LogP contribution is -2.37. The predicted molar refractivity (Wildman–Crippen MR) is 71.1 cm³/mol. The number of thiophene rings is 1. The van der Waals surface area contributed by atoms with Gasteiger partial charge in [-0.1, -0.05) is 6.92 Å². The molecule has 0 spiro atoms. The molecule has 0 saturated carbocycles. The second-order valence-electron chi connectivity index (χ2n) is 4.52. The van der Waals surface area contributed by atoms with Crippen LogP contribution in [-0.2, 0) is 17.7 Å². The fraction of sp³-hybridized carbons (Fsp3) is 0.692. The Hall–Kier alpha value is -0.380. The molecule has 1 rings (SSSR count). The normalized spacial score (nSPS) is 12.0. The van der Waals surface area contributed by atoms with E-state index in [9.17, 15) is 0 Å². The zero-order valence-electron chi connectivity index (χ0n) is 10.8. The second kappa shape index (κ2) is 6.38. The third kappa shape index (κ3) is 4.64. The van der Waals surface area contributed by atoms with E-state index in [0.717, 1.165) is 26.1 Å². The zero-order valence-corrected chi connectivity index (χ0v) is 11.6. The molecule has 0 atom stereocenters. The fourth-order valence-corrected chi connectivity index (χ4v) is 2.56. The molecule has 1 aromatic heterocycles. The van der Waals surface area contributed by atoms with Crippen molar-refractivity contribution < 1.29 is 4.74 Å². The number of nitrogens with one attached hydrogen (secondary N) is 1. The van der Waals surface area contributed by atoms with Crippen LogP contribution in [0.1, 0.15) is 37.4 Å². The van der Waals surface area contributed by atoms with Gasteiger partial charge in [-0.3, -0.25) is 0 Å². The molecule has 0 amide bonds. The molecule has 16 heavy (non-hydrogen) atoms. The molecule has 0 aliphatic carbocycles. The monoisotopic (exact) mass is 241 g/mol. The van der Waals surface area contributed by atoms with Crippen molar-refractivity contribution in [3.63, 3.8) is 0 Å². The Kier molecular flexibility index (Phi) is 5.46. The molecule has 0 aromatic carbocycles. The first-order valence-electron chi connectivity index (χ1n) is 5.99. The first kappa shape index (κ1) is 13.7. The van der Waals surface area contributed by atoms with Gasteiger partial charge in [0, 0.05) is 29.5 Å². The minimum atomic E-state index is -0.0698. The van der Waals surface area contributed by atoms with Crippen LogP contribution in [0.3, 0.4) is 0 Å². The van der Waals surface area contributed by atoms with Crippen molar-refractivity contribution in [1.29, 1.82) is 0 Å². The third-order valence-corrected chi connectivity index (χ3v) is 3.68. The molecule has 2 nitrogen and oxygen atoms in total. The first-order chi connectivity index (χ1) is 7.57. The molecule has 1 aromatic rings. The highest BCUT2D eigenvalue weighted by molar-refractivity contribution is 7.11. The lowest BCUT2D eigenvalue weighted by Gasteiger charge is -2.24. The third-order valence-electron chi connectivity index (χ3n) is 2.45. The molecule has 1 heterocycles. The van der Waals surface area contributed by atoms with E-state index in [1.807, 2.05) is 18.3 Å². The van der Waals surface area contributed by atoms with Gasteiger partial charge in [-0.2, -0.15) is 0 Å². The maximum absolute atomic E-state index is 5.63. The van der Waals surface area contributed by atoms with Crippen molar-refractivity contribution in [3.8, 4) is 0 Å². The second-order valence-corrected chi connectivity index (χ2v) is 5.77. The average molecular weight is 241 g/mol. The van der Waals surface area contributed by atoms with Crippen molar-refractivity contribution in [2.24, 2.45) is 0 Å². The van der Waals surface area contributed by atoms with Gasteiger partial charge in [0.05, 0.1) is 5.60 Å². The van der Waals surface area contributed by atoms with Gasteiger partial charge in [0.1, 0.15) is 0 Å². The Labute approximate surface area is 103 Å². The van der Waals surface area contributed by atoms with E-state index in [-0.39, 0.29) is 5.60 Å². The van der Waals surface area contributed by atoms with Crippen LogP contribution in [0.25, 0.3) is 0 Å². The SMILES string of the molecule is CCOC(C)(C)CNCc1ccc(CC)s1. The smallest absolute Gasteiger partial charge is 0.0750 e. The number of ether oxygens (including phenoxy) is 1. The molecular weight excluding hydrogens is 218 g/mol. The van der Waals surface area contributed by atoms with Crippen molar-refractivity contribution in [1.82, 2.24) is 5.32 Å². The van der Waals surface area contributed by atoms with Crippen molar-refractivity contribution in [2.45, 2.75) is 46.3 Å². The zero-order chi connectivity index (χ0) is 12.0. The van der Waals surface area contributed by atoms with Crippen LogP contribution in [0.15, 0.2) is 12.1 Å². The summed E-state index contributed by atoms with van der Waals surface area (Å²) in [6.07, 6.45) is 1.13. The summed E-state index contributed by atoms with van der Waals surface area (Å²) in [6, 6.07) is 4.43. The topological polar surface area (TPSA) is 21.3 Å². The summed E-state index contributed by atoms with van der Waals surface area (Å²) in [5.74, 6) is 0. The molecule has 0 aliphatic heterocycles. The molecular formula is C13H23NOS. The molecule has 0 radical (unpaired) electrons. The Morgan fingerprint density at radius 1 is 1.25 bits per heavy atom. The van der Waals surface area contributed by atoms with Gasteiger partial charge < -0.3 is 10.1 Å². The highest BCUT2D eigenvalue weighted by Gasteiger charge is 2.16. The van der Waals surface area contributed by atoms with Crippen LogP contribution in [-0.4, -0.2) is 18.8 Å². The summed E-state index contributed by atoms with van der Waals surface area (Å²) < 4.78 is 5.63. The van der Waals surface area contributed by atoms with E-state index in [0.29, 0.717) is 0 Å². The molecule has 1 N–H and O–H groups in total. The molecule has 0 bridgehead atoms. The largest absolute Gasteiger partial charge is 0.375 e. The van der Waals surface area contributed by atoms with Gasteiger partial charge in [0.2, 0.25) is 0 Å². The minimum absolute atomic E-state index is 0.0698. The summed E-state index contributed by atoms with van der Waals surface area (Å²) in [6.45, 7) is 11.1. The van der Waals surface area contributed by atoms with Gasteiger partial charge >= 0.3 is 0 Å². The summed E-state index contributed by atoms with van der Waals surface area (Å²) in [5.41, 5.74) is -0.0698. The summed E-state index contributed by atoms with van der Waals surface area (Å²) in [4.78, 5) is 2.87. The molecule has 92 valence electrons. The van der Waals surface area contributed by atoms with Crippen molar-refractivity contribution in [3.05, 3.63) is 21.9 Å². The van der Waals surface area contributed by atoms with Crippen LogP contribution < -0.4 is 5.32 Å². The van der Waals surface area contributed by atoms with Crippen LogP contribution in [0.4, 0.5) is 0 Å². The number of hydrogen-bond acceptors (Lipinski definition) is 3. The van der Waals surface area contributed by atoms with Crippen LogP contribution in [0.5, 0.6) is 0 Å². The Morgan fingerprint density at radius 3 is 2.50 bits per heavy atom. The van der Waals surface area contributed by atoms with E-state index in [1.54, 1.807) is 0 Å². The minimum Gasteiger partial charge on any atom is -0.375 e. The number of aryl methyl sites for hydroxylation is 1. The first-order valence-corrected chi connectivity index (χ1v) is 6.81. The molecule has 0 saturated heterocycles. The average Bonchev–Trinajstić information content (AvgIpc) is 2.65.